The van der Waals surface area contributed by atoms with Crippen LogP contribution in [0.25, 0.3) is 0 Å². The summed E-state index contributed by atoms with van der Waals surface area (Å²) in [6.45, 7) is 0. The number of benzene rings is 1. The number of amides is 1. The number of nitrogens with one attached hydrogen (secondary N) is 1. The summed E-state index contributed by atoms with van der Waals surface area (Å²) >= 11 is 5.86. The van der Waals surface area contributed by atoms with Crippen LogP contribution in [0.4, 0.5) is 5.69 Å². The minimum Gasteiger partial charge on any atom is -0.398 e. The number of nitrogen functional groups attached to an aromatic ring is 1. The molecule has 74 valence electrons. The monoisotopic (exact) mass is 210 g/mol. The van der Waals surface area contributed by atoms with Crippen molar-refractivity contribution in [2.24, 2.45) is 0 Å². The molecule has 1 heterocycles. The largest absolute Gasteiger partial charge is 0.398 e. The number of carbonyl (C=O) groups excluding carboxylic acids is 1. The Labute approximate surface area is 87.2 Å². The molecule has 0 radical (unpaired) electrons. The molecule has 1 aliphatic heterocycles. The predicted molar refractivity (Wildman–Crippen MR) is 56.0 cm³/mol. The second kappa shape index (κ2) is 3.50. The van der Waals surface area contributed by atoms with E-state index in [1.807, 2.05) is 6.07 Å². The predicted octanol–water partition coefficient (Wildman–Crippen LogP) is 1.87. The third-order valence-corrected chi connectivity index (χ3v) is 2.65. The Morgan fingerprint density at radius 1 is 1.50 bits per heavy atom. The molecule has 0 aliphatic carbocycles. The Hall–Kier alpha value is -1.22. The van der Waals surface area contributed by atoms with Crippen LogP contribution in [-0.4, -0.2) is 5.91 Å². The fraction of sp³-hybridized carbons (Fsp3) is 0.300. The van der Waals surface area contributed by atoms with Crippen molar-refractivity contribution in [2.75, 3.05) is 5.73 Å². The molecule has 2 rings (SSSR count). The van der Waals surface area contributed by atoms with Crippen LogP contribution >= 0.6 is 11.6 Å². The Morgan fingerprint density at radius 2 is 2.29 bits per heavy atom. The van der Waals surface area contributed by atoms with Crippen molar-refractivity contribution >= 4 is 23.2 Å². The van der Waals surface area contributed by atoms with Gasteiger partial charge in [-0.3, -0.25) is 4.79 Å². The number of hydrogen-bond donors (Lipinski definition) is 2. The highest BCUT2D eigenvalue weighted by atomic mass is 35.5. The van der Waals surface area contributed by atoms with Gasteiger partial charge in [0.15, 0.2) is 0 Å². The molecule has 1 aromatic rings. The van der Waals surface area contributed by atoms with Gasteiger partial charge in [-0.25, -0.2) is 0 Å². The zero-order valence-corrected chi connectivity index (χ0v) is 8.34. The van der Waals surface area contributed by atoms with E-state index in [4.69, 9.17) is 17.3 Å². The Bertz CT molecular complexity index is 378. The zero-order chi connectivity index (χ0) is 10.1. The van der Waals surface area contributed by atoms with Crippen molar-refractivity contribution in [3.05, 3.63) is 28.8 Å². The number of carbonyl (C=O) groups is 1. The van der Waals surface area contributed by atoms with Crippen LogP contribution < -0.4 is 11.1 Å². The van der Waals surface area contributed by atoms with E-state index in [0.29, 0.717) is 17.1 Å². The molecule has 0 unspecified atom stereocenters. The normalized spacial score (nSPS) is 20.9. The van der Waals surface area contributed by atoms with Crippen molar-refractivity contribution in [1.29, 1.82) is 0 Å². The van der Waals surface area contributed by atoms with Crippen molar-refractivity contribution in [3.8, 4) is 0 Å². The lowest BCUT2D eigenvalue weighted by molar-refractivity contribution is -0.119. The number of anilines is 1. The van der Waals surface area contributed by atoms with Gasteiger partial charge >= 0.3 is 0 Å². The standard InChI is InChI=1S/C10H11ClN2O/c11-6-1-2-8(12)7(5-6)9-3-4-10(14)13-9/h1-2,5,9H,3-4,12H2,(H,13,14)/t9-/m0/s1. The van der Waals surface area contributed by atoms with E-state index >= 15 is 0 Å². The molecule has 0 saturated carbocycles. The number of nitrogens with two attached hydrogens (primary N) is 1. The molecule has 1 aromatic carbocycles. The Balaban J connectivity index is 2.31. The summed E-state index contributed by atoms with van der Waals surface area (Å²) < 4.78 is 0. The van der Waals surface area contributed by atoms with Gasteiger partial charge in [0.05, 0.1) is 6.04 Å². The van der Waals surface area contributed by atoms with Crippen LogP contribution in [0.15, 0.2) is 18.2 Å². The van der Waals surface area contributed by atoms with E-state index in [9.17, 15) is 4.79 Å². The van der Waals surface area contributed by atoms with Crippen molar-refractivity contribution in [1.82, 2.24) is 5.32 Å². The SMILES string of the molecule is Nc1ccc(Cl)cc1[C@@H]1CCC(=O)N1. The second-order valence-electron chi connectivity index (χ2n) is 3.43. The molecule has 1 amide bonds. The summed E-state index contributed by atoms with van der Waals surface area (Å²) in [5.41, 5.74) is 7.41. The summed E-state index contributed by atoms with van der Waals surface area (Å²) in [4.78, 5) is 11.0. The molecule has 0 aromatic heterocycles. The first-order valence-electron chi connectivity index (χ1n) is 4.51. The summed E-state index contributed by atoms with van der Waals surface area (Å²) in [6, 6.07) is 5.35. The Morgan fingerprint density at radius 3 is 2.93 bits per heavy atom. The molecule has 14 heavy (non-hydrogen) atoms. The van der Waals surface area contributed by atoms with Gasteiger partial charge in [-0.15, -0.1) is 0 Å². The van der Waals surface area contributed by atoms with Gasteiger partial charge < -0.3 is 11.1 Å². The maximum Gasteiger partial charge on any atom is 0.220 e. The average Bonchev–Trinajstić information content (AvgIpc) is 2.56. The zero-order valence-electron chi connectivity index (χ0n) is 7.59. The first-order valence-corrected chi connectivity index (χ1v) is 4.89. The topological polar surface area (TPSA) is 55.1 Å². The van der Waals surface area contributed by atoms with Gasteiger partial charge in [0.2, 0.25) is 5.91 Å². The van der Waals surface area contributed by atoms with Gasteiger partial charge in [-0.2, -0.15) is 0 Å². The average molecular weight is 211 g/mol. The lowest BCUT2D eigenvalue weighted by atomic mass is 10.0. The smallest absolute Gasteiger partial charge is 0.220 e. The minimum atomic E-state index is 0.0289. The van der Waals surface area contributed by atoms with E-state index in [2.05, 4.69) is 5.32 Å². The molecule has 3 nitrogen and oxygen atoms in total. The first kappa shape index (κ1) is 9.34. The lowest BCUT2D eigenvalue weighted by Gasteiger charge is -2.13. The fourth-order valence-corrected chi connectivity index (χ4v) is 1.88. The fourth-order valence-electron chi connectivity index (χ4n) is 1.69. The van der Waals surface area contributed by atoms with Gasteiger partial charge in [0.1, 0.15) is 0 Å². The summed E-state index contributed by atoms with van der Waals surface area (Å²) in [6.07, 6.45) is 1.36. The van der Waals surface area contributed by atoms with Crippen molar-refractivity contribution in [2.45, 2.75) is 18.9 Å². The molecular weight excluding hydrogens is 200 g/mol. The maximum absolute atomic E-state index is 11.0. The van der Waals surface area contributed by atoms with Crippen LogP contribution in [0.2, 0.25) is 5.02 Å². The second-order valence-corrected chi connectivity index (χ2v) is 3.87. The highest BCUT2D eigenvalue weighted by Crippen LogP contribution is 2.30. The minimum absolute atomic E-state index is 0.0289. The molecule has 1 saturated heterocycles. The van der Waals surface area contributed by atoms with Gasteiger partial charge in [-0.05, 0) is 30.2 Å². The van der Waals surface area contributed by atoms with Crippen LogP contribution in [0.3, 0.4) is 0 Å². The van der Waals surface area contributed by atoms with Crippen molar-refractivity contribution < 1.29 is 4.79 Å². The van der Waals surface area contributed by atoms with E-state index < -0.39 is 0 Å². The van der Waals surface area contributed by atoms with Gasteiger partial charge in [0.25, 0.3) is 0 Å². The first-order chi connectivity index (χ1) is 6.66. The molecule has 0 bridgehead atoms. The van der Waals surface area contributed by atoms with E-state index in [0.717, 1.165) is 12.0 Å². The quantitative estimate of drug-likeness (QED) is 0.696. The molecule has 3 N–H and O–H groups in total. The van der Waals surface area contributed by atoms with Crippen LogP contribution in [0, 0.1) is 0 Å². The molecule has 0 spiro atoms. The molecule has 1 aliphatic rings. The van der Waals surface area contributed by atoms with Gasteiger partial charge in [-0.1, -0.05) is 11.6 Å². The van der Waals surface area contributed by atoms with Crippen LogP contribution in [0.1, 0.15) is 24.4 Å². The number of halogens is 1. The lowest BCUT2D eigenvalue weighted by Crippen LogP contribution is -2.19. The Kier molecular flexibility index (Phi) is 2.33. The van der Waals surface area contributed by atoms with Crippen LogP contribution in [-0.2, 0) is 4.79 Å². The molecule has 1 atom stereocenters. The highest BCUT2D eigenvalue weighted by Gasteiger charge is 2.23. The van der Waals surface area contributed by atoms with Gasteiger partial charge in [0, 0.05) is 17.1 Å². The highest BCUT2D eigenvalue weighted by molar-refractivity contribution is 6.30. The third-order valence-electron chi connectivity index (χ3n) is 2.42. The maximum atomic E-state index is 11.0. The third kappa shape index (κ3) is 1.68. The number of hydrogen-bond acceptors (Lipinski definition) is 2. The van der Waals surface area contributed by atoms with E-state index in [-0.39, 0.29) is 11.9 Å². The van der Waals surface area contributed by atoms with E-state index in [1.54, 1.807) is 12.1 Å². The van der Waals surface area contributed by atoms with E-state index in [1.165, 1.54) is 0 Å². The van der Waals surface area contributed by atoms with Crippen LogP contribution in [0.5, 0.6) is 0 Å². The number of rotatable bonds is 1. The summed E-state index contributed by atoms with van der Waals surface area (Å²) in [7, 11) is 0. The van der Waals surface area contributed by atoms with Crippen molar-refractivity contribution in [3.63, 3.8) is 0 Å². The molecule has 4 heteroatoms. The molecule has 1 fully saturated rings. The molecular formula is C10H11ClN2O. The summed E-state index contributed by atoms with van der Waals surface area (Å²) in [5.74, 6) is 0.0781. The summed E-state index contributed by atoms with van der Waals surface area (Å²) in [5, 5.41) is 3.51.